The molecule has 0 aliphatic rings. The Hall–Kier alpha value is -1.95. The van der Waals surface area contributed by atoms with Gasteiger partial charge in [0.2, 0.25) is 0 Å². The van der Waals surface area contributed by atoms with Crippen LogP contribution in [0.2, 0.25) is 0 Å². The van der Waals surface area contributed by atoms with Crippen molar-refractivity contribution >= 4 is 35.1 Å². The van der Waals surface area contributed by atoms with Gasteiger partial charge in [-0.05, 0) is 31.3 Å². The van der Waals surface area contributed by atoms with E-state index in [1.165, 1.54) is 0 Å². The van der Waals surface area contributed by atoms with E-state index in [4.69, 9.17) is 5.73 Å². The van der Waals surface area contributed by atoms with Crippen molar-refractivity contribution in [1.82, 2.24) is 5.43 Å². The summed E-state index contributed by atoms with van der Waals surface area (Å²) in [6.07, 6.45) is 1.15. The number of hydrogen-bond acceptors (Lipinski definition) is 3. The van der Waals surface area contributed by atoms with Crippen LogP contribution in [0.3, 0.4) is 0 Å². The molecule has 17 heavy (non-hydrogen) atoms. The van der Waals surface area contributed by atoms with Gasteiger partial charge in [0.15, 0.2) is 5.11 Å². The molecule has 1 amide bonds. The fraction of sp³-hybridized carbons (Fsp3) is 0.182. The molecule has 90 valence electrons. The van der Waals surface area contributed by atoms with Crippen molar-refractivity contribution in [3.63, 3.8) is 0 Å². The van der Waals surface area contributed by atoms with Crippen molar-refractivity contribution in [2.24, 2.45) is 10.8 Å². The summed E-state index contributed by atoms with van der Waals surface area (Å²) in [6, 6.07) is 9.35. The summed E-state index contributed by atoms with van der Waals surface area (Å²) >= 11 is 4.56. The zero-order valence-corrected chi connectivity index (χ0v) is 10.3. The smallest absolute Gasteiger partial charge is 0.271 e. The Balaban J connectivity index is 2.72. The number of thiocarbonyl (C=S) groups is 1. The fourth-order valence-corrected chi connectivity index (χ4v) is 1.35. The van der Waals surface area contributed by atoms with Gasteiger partial charge in [0.05, 0.1) is 0 Å². The number of hydrazone groups is 1. The van der Waals surface area contributed by atoms with Gasteiger partial charge >= 0.3 is 0 Å². The second-order valence-corrected chi connectivity index (χ2v) is 3.59. The van der Waals surface area contributed by atoms with Crippen LogP contribution >= 0.6 is 12.2 Å². The number of amides is 1. The van der Waals surface area contributed by atoms with Crippen molar-refractivity contribution in [3.8, 4) is 0 Å². The molecule has 6 heteroatoms. The van der Waals surface area contributed by atoms with Gasteiger partial charge in [-0.1, -0.05) is 18.2 Å². The first kappa shape index (κ1) is 13.1. The first-order valence-electron chi connectivity index (χ1n) is 5.10. The van der Waals surface area contributed by atoms with Crippen LogP contribution in [0.15, 0.2) is 35.4 Å². The fourth-order valence-electron chi connectivity index (χ4n) is 1.29. The van der Waals surface area contributed by atoms with Crippen LogP contribution in [0, 0.1) is 0 Å². The molecule has 0 aliphatic heterocycles. The van der Waals surface area contributed by atoms with Crippen molar-refractivity contribution in [2.75, 3.05) is 11.4 Å². The third-order valence-electron chi connectivity index (χ3n) is 2.00. The number of nitrogens with two attached hydrogens (primary N) is 1. The zero-order valence-electron chi connectivity index (χ0n) is 9.46. The van der Waals surface area contributed by atoms with Gasteiger partial charge in [-0.25, -0.2) is 0 Å². The minimum atomic E-state index is -0.234. The van der Waals surface area contributed by atoms with E-state index in [0.29, 0.717) is 6.54 Å². The molecule has 0 aliphatic carbocycles. The minimum absolute atomic E-state index is 0.0248. The van der Waals surface area contributed by atoms with E-state index >= 15 is 0 Å². The average Bonchev–Trinajstić information content (AvgIpc) is 2.31. The highest BCUT2D eigenvalue weighted by molar-refractivity contribution is 7.80. The van der Waals surface area contributed by atoms with Crippen molar-refractivity contribution in [2.45, 2.75) is 6.92 Å². The number of rotatable bonds is 4. The first-order valence-corrected chi connectivity index (χ1v) is 5.51. The van der Waals surface area contributed by atoms with Crippen LogP contribution in [0.1, 0.15) is 6.92 Å². The highest BCUT2D eigenvalue weighted by Crippen LogP contribution is 2.12. The highest BCUT2D eigenvalue weighted by atomic mass is 32.1. The highest BCUT2D eigenvalue weighted by Gasteiger charge is 2.10. The molecule has 1 aromatic carbocycles. The standard InChI is InChI=1S/C11H14N4OS/c1-2-15(9-6-4-3-5-7-9)10(16)8-13-14-11(12)17/h3-8H,2H2,1H3,(H3,12,14,17). The molecule has 0 atom stereocenters. The summed E-state index contributed by atoms with van der Waals surface area (Å²) < 4.78 is 0. The molecular formula is C11H14N4OS. The summed E-state index contributed by atoms with van der Waals surface area (Å²) in [6.45, 7) is 2.45. The largest absolute Gasteiger partial charge is 0.375 e. The molecule has 0 saturated heterocycles. The number of carbonyl (C=O) groups is 1. The van der Waals surface area contributed by atoms with E-state index in [0.717, 1.165) is 11.9 Å². The Morgan fingerprint density at radius 1 is 1.53 bits per heavy atom. The van der Waals surface area contributed by atoms with Gasteiger partial charge in [-0.2, -0.15) is 5.10 Å². The van der Waals surface area contributed by atoms with Crippen LogP contribution < -0.4 is 16.1 Å². The van der Waals surface area contributed by atoms with E-state index in [1.54, 1.807) is 4.90 Å². The quantitative estimate of drug-likeness (QED) is 0.472. The third kappa shape index (κ3) is 4.20. The number of para-hydroxylation sites is 1. The monoisotopic (exact) mass is 250 g/mol. The Bertz CT molecular complexity index is 419. The van der Waals surface area contributed by atoms with E-state index in [2.05, 4.69) is 22.7 Å². The van der Waals surface area contributed by atoms with Gasteiger partial charge in [-0.15, -0.1) is 0 Å². The van der Waals surface area contributed by atoms with Gasteiger partial charge in [-0.3, -0.25) is 10.2 Å². The number of benzene rings is 1. The molecule has 0 bridgehead atoms. The summed E-state index contributed by atoms with van der Waals surface area (Å²) in [5.74, 6) is -0.234. The SMILES string of the molecule is CCN(C(=O)C=NNC(N)=S)c1ccccc1. The first-order chi connectivity index (χ1) is 8.15. The molecule has 1 rings (SSSR count). The molecule has 1 aromatic rings. The van der Waals surface area contributed by atoms with E-state index < -0.39 is 0 Å². The molecule has 0 saturated carbocycles. The molecule has 0 heterocycles. The molecule has 0 spiro atoms. The molecule has 3 N–H and O–H groups in total. The predicted molar refractivity (Wildman–Crippen MR) is 72.9 cm³/mol. The van der Waals surface area contributed by atoms with Crippen LogP contribution in [0.5, 0.6) is 0 Å². The Morgan fingerprint density at radius 2 is 2.18 bits per heavy atom. The summed E-state index contributed by atoms with van der Waals surface area (Å²) in [5, 5.41) is 3.66. The van der Waals surface area contributed by atoms with Gasteiger partial charge in [0.1, 0.15) is 6.21 Å². The lowest BCUT2D eigenvalue weighted by Crippen LogP contribution is -2.33. The van der Waals surface area contributed by atoms with E-state index in [9.17, 15) is 4.79 Å². The van der Waals surface area contributed by atoms with Crippen LogP contribution in [-0.2, 0) is 4.79 Å². The second-order valence-electron chi connectivity index (χ2n) is 3.15. The number of nitrogens with zero attached hydrogens (tertiary/aromatic N) is 2. The lowest BCUT2D eigenvalue weighted by atomic mass is 10.3. The van der Waals surface area contributed by atoms with Crippen LogP contribution in [-0.4, -0.2) is 23.8 Å². The third-order valence-corrected chi connectivity index (χ3v) is 2.09. The van der Waals surface area contributed by atoms with Crippen molar-refractivity contribution in [3.05, 3.63) is 30.3 Å². The normalized spacial score (nSPS) is 10.2. The summed E-state index contributed by atoms with van der Waals surface area (Å²) in [4.78, 5) is 13.4. The molecule has 0 aromatic heterocycles. The number of hydrogen-bond donors (Lipinski definition) is 2. The Labute approximate surface area is 105 Å². The average molecular weight is 250 g/mol. The Morgan fingerprint density at radius 3 is 2.71 bits per heavy atom. The van der Waals surface area contributed by atoms with Crippen molar-refractivity contribution in [1.29, 1.82) is 0 Å². The number of anilines is 1. The molecule has 0 radical (unpaired) electrons. The molecule has 0 unspecified atom stereocenters. The maximum absolute atomic E-state index is 11.8. The topological polar surface area (TPSA) is 70.7 Å². The summed E-state index contributed by atoms with van der Waals surface area (Å²) in [7, 11) is 0. The lowest BCUT2D eigenvalue weighted by molar-refractivity contribution is -0.112. The molecule has 5 nitrogen and oxygen atoms in total. The number of carbonyl (C=O) groups excluding carboxylic acids is 1. The molecule has 0 fully saturated rings. The lowest BCUT2D eigenvalue weighted by Gasteiger charge is -2.18. The maximum Gasteiger partial charge on any atom is 0.271 e. The van der Waals surface area contributed by atoms with E-state index in [1.807, 2.05) is 37.3 Å². The zero-order chi connectivity index (χ0) is 12.7. The Kier molecular flexibility index (Phi) is 5.09. The second kappa shape index (κ2) is 6.59. The van der Waals surface area contributed by atoms with Gasteiger partial charge in [0, 0.05) is 12.2 Å². The summed E-state index contributed by atoms with van der Waals surface area (Å²) in [5.41, 5.74) is 8.34. The van der Waals surface area contributed by atoms with Gasteiger partial charge in [0.25, 0.3) is 5.91 Å². The van der Waals surface area contributed by atoms with Gasteiger partial charge < -0.3 is 10.6 Å². The van der Waals surface area contributed by atoms with Crippen LogP contribution in [0.4, 0.5) is 5.69 Å². The van der Waals surface area contributed by atoms with Crippen LogP contribution in [0.25, 0.3) is 0 Å². The predicted octanol–water partition coefficient (Wildman–Crippen LogP) is 0.858. The van der Waals surface area contributed by atoms with E-state index in [-0.39, 0.29) is 11.0 Å². The minimum Gasteiger partial charge on any atom is -0.375 e. The number of nitrogens with one attached hydrogen (secondary N) is 1. The van der Waals surface area contributed by atoms with Crippen molar-refractivity contribution < 1.29 is 4.79 Å². The molecular weight excluding hydrogens is 236 g/mol. The maximum atomic E-state index is 11.8.